The van der Waals surface area contributed by atoms with Crippen molar-refractivity contribution in [3.05, 3.63) is 66.0 Å². The third-order valence-electron chi connectivity index (χ3n) is 4.60. The molecule has 8 heteroatoms. The fraction of sp³-hybridized carbons (Fsp3) is 0.263. The summed E-state index contributed by atoms with van der Waals surface area (Å²) in [5.74, 6) is -0.858. The van der Waals surface area contributed by atoms with Crippen molar-refractivity contribution in [2.75, 3.05) is 16.4 Å². The van der Waals surface area contributed by atoms with Crippen LogP contribution in [-0.2, 0) is 21.1 Å². The number of thioether (sulfide) groups is 1. The predicted octanol–water partition coefficient (Wildman–Crippen LogP) is 2.67. The lowest BCUT2D eigenvalue weighted by Crippen LogP contribution is -2.38. The molecule has 0 spiro atoms. The lowest BCUT2D eigenvalue weighted by atomic mass is 10.1. The summed E-state index contributed by atoms with van der Waals surface area (Å²) in [5, 5.41) is 0.115. The summed E-state index contributed by atoms with van der Waals surface area (Å²) < 4.78 is 38.5. The summed E-state index contributed by atoms with van der Waals surface area (Å²) in [6.07, 6.45) is 0.143. The minimum atomic E-state index is -3.18. The molecule has 140 valence electrons. The molecule has 2 aromatic rings. The van der Waals surface area contributed by atoms with Crippen molar-refractivity contribution in [2.45, 2.75) is 17.7 Å². The first-order valence-electron chi connectivity index (χ1n) is 8.49. The molecule has 0 aromatic heterocycles. The molecule has 0 radical (unpaired) electrons. The van der Waals surface area contributed by atoms with E-state index < -0.39 is 21.7 Å². The molecule has 2 aliphatic heterocycles. The first-order chi connectivity index (χ1) is 12.9. The molecule has 0 aliphatic carbocycles. The largest absolute Gasteiger partial charge is 0.313 e. The quantitative estimate of drug-likeness (QED) is 0.787. The van der Waals surface area contributed by atoms with Crippen molar-refractivity contribution in [1.82, 2.24) is 0 Å². The SMILES string of the molecule is O=C(Cc1ccccc1)N=C1S[C@H]2CS(=O)(=O)C[C@H]2N1c1ccccc1F. The average Bonchev–Trinajstić information content (AvgIpc) is 3.07. The van der Waals surface area contributed by atoms with Crippen LogP contribution in [0.1, 0.15) is 5.56 Å². The maximum atomic E-state index is 14.4. The molecule has 2 heterocycles. The number of anilines is 1. The number of hydrogen-bond donors (Lipinski definition) is 0. The van der Waals surface area contributed by atoms with Crippen molar-refractivity contribution in [3.8, 4) is 0 Å². The summed E-state index contributed by atoms with van der Waals surface area (Å²) in [7, 11) is -3.18. The Labute approximate surface area is 161 Å². The smallest absolute Gasteiger partial charge is 0.252 e. The number of amidine groups is 1. The number of hydrogen-bond acceptors (Lipinski definition) is 4. The number of amides is 1. The number of sulfone groups is 1. The molecule has 0 saturated carbocycles. The van der Waals surface area contributed by atoms with Crippen LogP contribution >= 0.6 is 11.8 Å². The normalized spacial score (nSPS) is 24.9. The highest BCUT2D eigenvalue weighted by molar-refractivity contribution is 8.16. The molecule has 0 unspecified atom stereocenters. The zero-order valence-corrected chi connectivity index (χ0v) is 15.9. The number of rotatable bonds is 3. The molecule has 2 fully saturated rings. The summed E-state index contributed by atoms with van der Waals surface area (Å²) >= 11 is 1.24. The highest BCUT2D eigenvalue weighted by Gasteiger charge is 2.49. The Morgan fingerprint density at radius 3 is 2.56 bits per heavy atom. The minimum Gasteiger partial charge on any atom is -0.313 e. The van der Waals surface area contributed by atoms with Gasteiger partial charge in [0.25, 0.3) is 5.91 Å². The number of nitrogens with zero attached hydrogens (tertiary/aromatic N) is 2. The maximum absolute atomic E-state index is 14.4. The first kappa shape index (κ1) is 18.2. The van der Waals surface area contributed by atoms with Crippen LogP contribution in [0.2, 0.25) is 0 Å². The molecule has 27 heavy (non-hydrogen) atoms. The van der Waals surface area contributed by atoms with E-state index in [1.807, 2.05) is 30.3 Å². The van der Waals surface area contributed by atoms with Crippen LogP contribution in [-0.4, -0.2) is 42.3 Å². The monoisotopic (exact) mass is 404 g/mol. The van der Waals surface area contributed by atoms with Crippen LogP contribution < -0.4 is 4.90 Å². The van der Waals surface area contributed by atoms with Gasteiger partial charge in [-0.25, -0.2) is 12.8 Å². The number of fused-ring (bicyclic) bond motifs is 1. The number of carbonyl (C=O) groups is 1. The molecule has 4 rings (SSSR count). The second-order valence-electron chi connectivity index (χ2n) is 6.57. The van der Waals surface area contributed by atoms with Crippen molar-refractivity contribution >= 4 is 38.4 Å². The second kappa shape index (κ2) is 7.09. The van der Waals surface area contributed by atoms with E-state index in [4.69, 9.17) is 0 Å². The van der Waals surface area contributed by atoms with E-state index in [0.717, 1.165) is 5.56 Å². The van der Waals surface area contributed by atoms with Gasteiger partial charge in [-0.15, -0.1) is 0 Å². The third-order valence-corrected chi connectivity index (χ3v) is 7.81. The van der Waals surface area contributed by atoms with Crippen molar-refractivity contribution < 1.29 is 17.6 Å². The Morgan fingerprint density at radius 1 is 1.11 bits per heavy atom. The molecule has 2 aliphatic rings. The molecule has 2 saturated heterocycles. The zero-order chi connectivity index (χ0) is 19.0. The van der Waals surface area contributed by atoms with Crippen LogP contribution in [0.5, 0.6) is 0 Å². The topological polar surface area (TPSA) is 66.8 Å². The van der Waals surface area contributed by atoms with Crippen LogP contribution in [0.25, 0.3) is 0 Å². The van der Waals surface area contributed by atoms with E-state index in [0.29, 0.717) is 5.17 Å². The molecule has 2 atom stereocenters. The standard InChI is InChI=1S/C19H17FN2O3S2/c20-14-8-4-5-9-15(14)22-16-11-27(24,25)12-17(16)26-19(22)21-18(23)10-13-6-2-1-3-7-13/h1-9,16-17H,10-12H2/t16-,17+/m1/s1. The van der Waals surface area contributed by atoms with Gasteiger partial charge in [0.2, 0.25) is 0 Å². The van der Waals surface area contributed by atoms with Crippen molar-refractivity contribution in [2.24, 2.45) is 4.99 Å². The highest BCUT2D eigenvalue weighted by atomic mass is 32.2. The summed E-state index contributed by atoms with van der Waals surface area (Å²) in [5.41, 5.74) is 1.09. The Morgan fingerprint density at radius 2 is 1.81 bits per heavy atom. The predicted molar refractivity (Wildman–Crippen MR) is 105 cm³/mol. The van der Waals surface area contributed by atoms with Crippen LogP contribution in [0.15, 0.2) is 59.6 Å². The molecule has 2 aromatic carbocycles. The number of carbonyl (C=O) groups excluding carboxylic acids is 1. The number of para-hydroxylation sites is 1. The Kier molecular flexibility index (Phi) is 4.77. The van der Waals surface area contributed by atoms with Crippen LogP contribution in [0.3, 0.4) is 0 Å². The average molecular weight is 404 g/mol. The number of aliphatic imine (C=N–C) groups is 1. The van der Waals surface area contributed by atoms with Gasteiger partial charge < -0.3 is 4.90 Å². The Bertz CT molecular complexity index is 1010. The first-order valence-corrected chi connectivity index (χ1v) is 11.2. The third kappa shape index (κ3) is 3.77. The molecular formula is C19H17FN2O3S2. The van der Waals surface area contributed by atoms with Crippen molar-refractivity contribution in [3.63, 3.8) is 0 Å². The summed E-state index contributed by atoms with van der Waals surface area (Å²) in [6, 6.07) is 15.0. The van der Waals surface area contributed by atoms with Crippen LogP contribution in [0, 0.1) is 5.82 Å². The lowest BCUT2D eigenvalue weighted by molar-refractivity contribution is -0.117. The Hall–Kier alpha value is -2.19. The number of benzene rings is 2. The molecular weight excluding hydrogens is 387 g/mol. The van der Waals surface area contributed by atoms with Crippen molar-refractivity contribution in [1.29, 1.82) is 0 Å². The minimum absolute atomic E-state index is 0.0131. The van der Waals surface area contributed by atoms with Gasteiger partial charge in [-0.05, 0) is 17.7 Å². The summed E-state index contributed by atoms with van der Waals surface area (Å²) in [4.78, 5) is 18.2. The van der Waals surface area contributed by atoms with Gasteiger partial charge in [-0.3, -0.25) is 4.79 Å². The Balaban J connectivity index is 1.67. The van der Waals surface area contributed by atoms with E-state index in [-0.39, 0.29) is 34.8 Å². The van der Waals surface area contributed by atoms with Gasteiger partial charge >= 0.3 is 0 Å². The van der Waals surface area contributed by atoms with E-state index in [1.54, 1.807) is 23.1 Å². The fourth-order valence-corrected chi connectivity index (χ4v) is 7.33. The molecule has 0 bridgehead atoms. The lowest BCUT2D eigenvalue weighted by Gasteiger charge is -2.24. The van der Waals surface area contributed by atoms with Crippen LogP contribution in [0.4, 0.5) is 10.1 Å². The van der Waals surface area contributed by atoms with E-state index in [2.05, 4.69) is 4.99 Å². The molecule has 5 nitrogen and oxygen atoms in total. The van der Waals surface area contributed by atoms with Gasteiger partial charge in [0.05, 0.1) is 29.7 Å². The van der Waals surface area contributed by atoms with Gasteiger partial charge in [-0.2, -0.15) is 4.99 Å². The fourth-order valence-electron chi connectivity index (χ4n) is 3.41. The second-order valence-corrected chi connectivity index (χ2v) is 9.93. The van der Waals surface area contributed by atoms with E-state index >= 15 is 0 Å². The maximum Gasteiger partial charge on any atom is 0.252 e. The van der Waals surface area contributed by atoms with Gasteiger partial charge in [0.15, 0.2) is 15.0 Å². The van der Waals surface area contributed by atoms with Gasteiger partial charge in [-0.1, -0.05) is 54.2 Å². The van der Waals surface area contributed by atoms with Gasteiger partial charge in [0, 0.05) is 5.25 Å². The van der Waals surface area contributed by atoms with E-state index in [1.165, 1.54) is 17.8 Å². The van der Waals surface area contributed by atoms with Gasteiger partial charge in [0.1, 0.15) is 5.82 Å². The molecule has 1 amide bonds. The molecule has 0 N–H and O–H groups in total. The highest BCUT2D eigenvalue weighted by Crippen LogP contribution is 2.41. The zero-order valence-electron chi connectivity index (χ0n) is 14.3. The van der Waals surface area contributed by atoms with E-state index in [9.17, 15) is 17.6 Å². The number of halogens is 1. The summed E-state index contributed by atoms with van der Waals surface area (Å²) in [6.45, 7) is 0.